The third-order valence-corrected chi connectivity index (χ3v) is 5.77. The van der Waals surface area contributed by atoms with Gasteiger partial charge in [0.05, 0.1) is 6.10 Å². The number of anilines is 2. The second-order valence-electron chi connectivity index (χ2n) is 5.19. The first-order chi connectivity index (χ1) is 10.2. The molecule has 2 heterocycles. The van der Waals surface area contributed by atoms with Crippen LogP contribution in [-0.4, -0.2) is 28.7 Å². The predicted molar refractivity (Wildman–Crippen MR) is 88.8 cm³/mol. The first kappa shape index (κ1) is 14.8. The minimum atomic E-state index is 0.384. The van der Waals surface area contributed by atoms with Crippen LogP contribution in [0.25, 0.3) is 0 Å². The number of hydrogen-bond acceptors (Lipinski definition) is 6. The average molecular weight is 321 g/mol. The number of aromatic nitrogens is 2. The van der Waals surface area contributed by atoms with Crippen molar-refractivity contribution >= 4 is 33.9 Å². The van der Waals surface area contributed by atoms with Gasteiger partial charge in [-0.1, -0.05) is 35.2 Å². The molecule has 6 heteroatoms. The maximum atomic E-state index is 5.63. The zero-order chi connectivity index (χ0) is 14.7. The SMILES string of the molecule is Cc1cccc(Nc2nnc(SC[C@@H]3CCCO3)s2)c1C. The van der Waals surface area contributed by atoms with Gasteiger partial charge in [-0.3, -0.25) is 0 Å². The summed E-state index contributed by atoms with van der Waals surface area (Å²) in [4.78, 5) is 0. The van der Waals surface area contributed by atoms with Gasteiger partial charge in [-0.05, 0) is 43.9 Å². The molecule has 0 saturated carbocycles. The van der Waals surface area contributed by atoms with Crippen molar-refractivity contribution in [1.82, 2.24) is 10.2 Å². The van der Waals surface area contributed by atoms with E-state index in [0.29, 0.717) is 6.10 Å². The van der Waals surface area contributed by atoms with Gasteiger partial charge in [0.1, 0.15) is 0 Å². The molecule has 1 aromatic carbocycles. The summed E-state index contributed by atoms with van der Waals surface area (Å²) < 4.78 is 6.62. The quantitative estimate of drug-likeness (QED) is 0.838. The molecule has 1 fully saturated rings. The molecule has 0 radical (unpaired) electrons. The second kappa shape index (κ2) is 6.77. The first-order valence-electron chi connectivity index (χ1n) is 7.13. The Hall–Kier alpha value is -1.11. The summed E-state index contributed by atoms with van der Waals surface area (Å²) in [6.07, 6.45) is 2.73. The second-order valence-corrected chi connectivity index (χ2v) is 7.44. The molecular weight excluding hydrogens is 302 g/mol. The predicted octanol–water partition coefficient (Wildman–Crippen LogP) is 4.17. The van der Waals surface area contributed by atoms with E-state index in [9.17, 15) is 0 Å². The van der Waals surface area contributed by atoms with Crippen LogP contribution in [0.15, 0.2) is 22.5 Å². The summed E-state index contributed by atoms with van der Waals surface area (Å²) in [7, 11) is 0. The lowest BCUT2D eigenvalue weighted by molar-refractivity contribution is 0.129. The van der Waals surface area contributed by atoms with E-state index in [1.165, 1.54) is 24.0 Å². The van der Waals surface area contributed by atoms with Crippen LogP contribution in [0.1, 0.15) is 24.0 Å². The van der Waals surface area contributed by atoms with Gasteiger partial charge in [0.25, 0.3) is 0 Å². The highest BCUT2D eigenvalue weighted by Crippen LogP contribution is 2.31. The van der Waals surface area contributed by atoms with Crippen LogP contribution in [0.3, 0.4) is 0 Å². The Labute approximate surface area is 133 Å². The van der Waals surface area contributed by atoms with E-state index in [-0.39, 0.29) is 0 Å². The highest BCUT2D eigenvalue weighted by atomic mass is 32.2. The minimum Gasteiger partial charge on any atom is -0.377 e. The van der Waals surface area contributed by atoms with Crippen molar-refractivity contribution in [2.45, 2.75) is 37.1 Å². The van der Waals surface area contributed by atoms with Crippen molar-refractivity contribution in [3.63, 3.8) is 0 Å². The fourth-order valence-corrected chi connectivity index (χ4v) is 4.12. The summed E-state index contributed by atoms with van der Waals surface area (Å²) in [6.45, 7) is 5.13. The van der Waals surface area contributed by atoms with E-state index < -0.39 is 0 Å². The van der Waals surface area contributed by atoms with Crippen molar-refractivity contribution < 1.29 is 4.74 Å². The van der Waals surface area contributed by atoms with Gasteiger partial charge in [-0.2, -0.15) is 0 Å². The molecule has 0 bridgehead atoms. The highest BCUT2D eigenvalue weighted by molar-refractivity contribution is 8.01. The molecule has 1 aliphatic rings. The molecular formula is C15H19N3OS2. The smallest absolute Gasteiger partial charge is 0.210 e. The molecule has 0 spiro atoms. The molecule has 1 aliphatic heterocycles. The molecule has 4 nitrogen and oxygen atoms in total. The number of hydrogen-bond donors (Lipinski definition) is 1. The van der Waals surface area contributed by atoms with Crippen LogP contribution >= 0.6 is 23.1 Å². The van der Waals surface area contributed by atoms with E-state index >= 15 is 0 Å². The van der Waals surface area contributed by atoms with Crippen molar-refractivity contribution in [1.29, 1.82) is 0 Å². The van der Waals surface area contributed by atoms with Gasteiger partial charge in [-0.15, -0.1) is 10.2 Å². The summed E-state index contributed by atoms with van der Waals surface area (Å²) in [5, 5.41) is 12.7. The Morgan fingerprint density at radius 1 is 1.38 bits per heavy atom. The largest absolute Gasteiger partial charge is 0.377 e. The Kier molecular flexibility index (Phi) is 4.77. The van der Waals surface area contributed by atoms with E-state index in [4.69, 9.17) is 4.74 Å². The van der Waals surface area contributed by atoms with Crippen LogP contribution < -0.4 is 5.32 Å². The summed E-state index contributed by atoms with van der Waals surface area (Å²) in [5.74, 6) is 0.970. The standard InChI is InChI=1S/C15H19N3OS2/c1-10-5-3-7-13(11(10)2)16-14-17-18-15(21-14)20-9-12-6-4-8-19-12/h3,5,7,12H,4,6,8-9H2,1-2H3,(H,16,17)/t12-/m0/s1. The van der Waals surface area contributed by atoms with Crippen LogP contribution in [-0.2, 0) is 4.74 Å². The normalized spacial score (nSPS) is 18.1. The fourth-order valence-electron chi connectivity index (χ4n) is 2.26. The lowest BCUT2D eigenvalue weighted by Gasteiger charge is -2.08. The zero-order valence-corrected chi connectivity index (χ0v) is 13.9. The van der Waals surface area contributed by atoms with Crippen molar-refractivity contribution in [2.75, 3.05) is 17.7 Å². The van der Waals surface area contributed by atoms with Gasteiger partial charge in [-0.25, -0.2) is 0 Å². The first-order valence-corrected chi connectivity index (χ1v) is 8.94. The van der Waals surface area contributed by atoms with Crippen LogP contribution in [0.2, 0.25) is 0 Å². The van der Waals surface area contributed by atoms with E-state index in [1.54, 1.807) is 23.1 Å². The monoisotopic (exact) mass is 321 g/mol. The number of benzene rings is 1. The molecule has 1 saturated heterocycles. The highest BCUT2D eigenvalue weighted by Gasteiger charge is 2.17. The Morgan fingerprint density at radius 2 is 2.29 bits per heavy atom. The van der Waals surface area contributed by atoms with Crippen molar-refractivity contribution in [2.24, 2.45) is 0 Å². The Morgan fingerprint density at radius 3 is 3.10 bits per heavy atom. The molecule has 0 unspecified atom stereocenters. The number of nitrogens with one attached hydrogen (secondary N) is 1. The maximum Gasteiger partial charge on any atom is 0.210 e. The summed E-state index contributed by atoms with van der Waals surface area (Å²) in [5.41, 5.74) is 3.63. The van der Waals surface area contributed by atoms with E-state index in [1.807, 2.05) is 0 Å². The van der Waals surface area contributed by atoms with Crippen LogP contribution in [0.5, 0.6) is 0 Å². The van der Waals surface area contributed by atoms with Gasteiger partial charge >= 0.3 is 0 Å². The van der Waals surface area contributed by atoms with Gasteiger partial charge in [0.15, 0.2) is 4.34 Å². The fraction of sp³-hybridized carbons (Fsp3) is 0.467. The van der Waals surface area contributed by atoms with Gasteiger partial charge < -0.3 is 10.1 Å². The number of aryl methyl sites for hydroxylation is 1. The number of nitrogens with zero attached hydrogens (tertiary/aromatic N) is 2. The minimum absolute atomic E-state index is 0.384. The molecule has 1 aromatic heterocycles. The molecule has 3 rings (SSSR count). The number of ether oxygens (including phenoxy) is 1. The zero-order valence-electron chi connectivity index (χ0n) is 12.3. The lowest BCUT2D eigenvalue weighted by atomic mass is 10.1. The van der Waals surface area contributed by atoms with Gasteiger partial charge in [0.2, 0.25) is 5.13 Å². The van der Waals surface area contributed by atoms with Gasteiger partial charge in [0, 0.05) is 18.0 Å². The Balaban J connectivity index is 1.60. The van der Waals surface area contributed by atoms with E-state index in [2.05, 4.69) is 47.6 Å². The van der Waals surface area contributed by atoms with Crippen LogP contribution in [0, 0.1) is 13.8 Å². The lowest BCUT2D eigenvalue weighted by Crippen LogP contribution is -2.07. The van der Waals surface area contributed by atoms with Crippen molar-refractivity contribution in [3.8, 4) is 0 Å². The molecule has 112 valence electrons. The molecule has 1 N–H and O–H groups in total. The molecule has 0 aliphatic carbocycles. The Bertz CT molecular complexity index is 609. The third kappa shape index (κ3) is 3.75. The third-order valence-electron chi connectivity index (χ3n) is 3.67. The molecule has 21 heavy (non-hydrogen) atoms. The maximum absolute atomic E-state index is 5.63. The molecule has 2 aromatic rings. The molecule has 1 atom stereocenters. The summed E-state index contributed by atoms with van der Waals surface area (Å²) >= 11 is 3.34. The number of rotatable bonds is 5. The van der Waals surface area contributed by atoms with Crippen LogP contribution in [0.4, 0.5) is 10.8 Å². The average Bonchev–Trinajstić information content (AvgIpc) is 3.13. The summed E-state index contributed by atoms with van der Waals surface area (Å²) in [6, 6.07) is 6.24. The van der Waals surface area contributed by atoms with E-state index in [0.717, 1.165) is 27.5 Å². The van der Waals surface area contributed by atoms with Crippen molar-refractivity contribution in [3.05, 3.63) is 29.3 Å². The topological polar surface area (TPSA) is 47.0 Å². The number of thioether (sulfide) groups is 1. The molecule has 0 amide bonds.